The molecule has 4 nitrogen and oxygen atoms in total. The van der Waals surface area contributed by atoms with Crippen LogP contribution in [-0.4, -0.2) is 15.0 Å². The van der Waals surface area contributed by atoms with Crippen LogP contribution in [-0.2, 0) is 5.41 Å². The van der Waals surface area contributed by atoms with Crippen molar-refractivity contribution < 1.29 is 0 Å². The van der Waals surface area contributed by atoms with Crippen molar-refractivity contribution in [1.82, 2.24) is 15.0 Å². The van der Waals surface area contributed by atoms with E-state index < -0.39 is 0 Å². The Kier molecular flexibility index (Phi) is 7.40. The molecule has 7 aromatic rings. The number of benzene rings is 6. The van der Waals surface area contributed by atoms with Crippen LogP contribution in [0.1, 0.15) is 48.8 Å². The lowest BCUT2D eigenvalue weighted by atomic mass is 9.67. The SMILES string of the molecule is N#Cc1ccc2c(c1)-c1c(-c3ccc(-c4ccc(-c5nc(-c6ccccc6)nc(-c6ccccc6)n5)cc4)cc3)cccc1C21CCCCC1. The molecule has 0 bridgehead atoms. The second kappa shape index (κ2) is 12.4. The second-order valence-electron chi connectivity index (χ2n) is 13.4. The van der Waals surface area contributed by atoms with Gasteiger partial charge in [-0.05, 0) is 69.5 Å². The zero-order valence-electron chi connectivity index (χ0n) is 27.7. The smallest absolute Gasteiger partial charge is 0.164 e. The summed E-state index contributed by atoms with van der Waals surface area (Å²) in [6.45, 7) is 0. The molecule has 50 heavy (non-hydrogen) atoms. The third-order valence-electron chi connectivity index (χ3n) is 10.6. The molecule has 2 aliphatic carbocycles. The molecule has 0 aliphatic heterocycles. The maximum absolute atomic E-state index is 9.78. The van der Waals surface area contributed by atoms with Gasteiger partial charge in [0.2, 0.25) is 0 Å². The van der Waals surface area contributed by atoms with Crippen LogP contribution >= 0.6 is 0 Å². The average molecular weight is 643 g/mol. The molecular weight excluding hydrogens is 609 g/mol. The fraction of sp³-hybridized carbons (Fsp3) is 0.130. The average Bonchev–Trinajstić information content (AvgIpc) is 3.46. The minimum absolute atomic E-state index is 0.0524. The molecule has 0 unspecified atom stereocenters. The summed E-state index contributed by atoms with van der Waals surface area (Å²) in [5, 5.41) is 9.78. The molecule has 0 saturated heterocycles. The molecule has 0 N–H and O–H groups in total. The Morgan fingerprint density at radius 2 is 0.960 bits per heavy atom. The van der Waals surface area contributed by atoms with E-state index in [4.69, 9.17) is 15.0 Å². The number of hydrogen-bond donors (Lipinski definition) is 0. The van der Waals surface area contributed by atoms with Crippen molar-refractivity contribution in [3.8, 4) is 73.6 Å². The fourth-order valence-corrected chi connectivity index (χ4v) is 8.15. The molecule has 9 rings (SSSR count). The highest BCUT2D eigenvalue weighted by atomic mass is 15.0. The molecule has 238 valence electrons. The normalized spacial score (nSPS) is 14.1. The van der Waals surface area contributed by atoms with Gasteiger partial charge in [0.25, 0.3) is 0 Å². The first-order valence-corrected chi connectivity index (χ1v) is 17.5. The van der Waals surface area contributed by atoms with E-state index in [0.29, 0.717) is 17.5 Å². The highest BCUT2D eigenvalue weighted by molar-refractivity contribution is 5.93. The standard InChI is InChI=1S/C46H34N4/c47-30-31-17-26-40-39(29-31)42-38(15-10-16-41(42)46(40)27-8-3-9-28-46)34-22-18-32(19-23-34)33-20-24-37(25-21-33)45-49-43(35-11-4-1-5-12-35)48-44(50-45)36-13-6-2-7-14-36/h1-2,4-7,10-26,29H,3,8-9,27-28H2. The van der Waals surface area contributed by atoms with Crippen molar-refractivity contribution >= 4 is 0 Å². The molecule has 1 fully saturated rings. The number of aromatic nitrogens is 3. The summed E-state index contributed by atoms with van der Waals surface area (Å²) in [6, 6.07) is 53.1. The van der Waals surface area contributed by atoms with Crippen molar-refractivity contribution in [2.75, 3.05) is 0 Å². The summed E-state index contributed by atoms with van der Waals surface area (Å²) in [4.78, 5) is 14.6. The molecule has 4 heteroatoms. The summed E-state index contributed by atoms with van der Waals surface area (Å²) < 4.78 is 0. The Bertz CT molecular complexity index is 2330. The molecule has 1 saturated carbocycles. The van der Waals surface area contributed by atoms with Crippen molar-refractivity contribution in [2.24, 2.45) is 0 Å². The molecule has 1 aromatic heterocycles. The number of nitrogens with zero attached hydrogens (tertiary/aromatic N) is 4. The first kappa shape index (κ1) is 29.9. The third kappa shape index (κ3) is 5.11. The lowest BCUT2D eigenvalue weighted by molar-refractivity contribution is 0.353. The lowest BCUT2D eigenvalue weighted by Crippen LogP contribution is -2.28. The first-order valence-electron chi connectivity index (χ1n) is 17.5. The summed E-state index contributed by atoms with van der Waals surface area (Å²) in [7, 11) is 0. The Morgan fingerprint density at radius 3 is 1.52 bits per heavy atom. The van der Waals surface area contributed by atoms with Gasteiger partial charge in [0, 0.05) is 22.1 Å². The fourth-order valence-electron chi connectivity index (χ4n) is 8.15. The minimum Gasteiger partial charge on any atom is -0.208 e. The molecule has 0 radical (unpaired) electrons. The van der Waals surface area contributed by atoms with E-state index in [1.807, 2.05) is 66.7 Å². The van der Waals surface area contributed by atoms with E-state index in [1.165, 1.54) is 65.5 Å². The van der Waals surface area contributed by atoms with E-state index in [1.54, 1.807) is 0 Å². The van der Waals surface area contributed by atoms with E-state index in [-0.39, 0.29) is 5.41 Å². The van der Waals surface area contributed by atoms with Crippen LogP contribution < -0.4 is 0 Å². The Labute approximate surface area is 292 Å². The Morgan fingerprint density at radius 1 is 0.440 bits per heavy atom. The zero-order chi connectivity index (χ0) is 33.5. The first-order chi connectivity index (χ1) is 24.7. The van der Waals surface area contributed by atoms with Gasteiger partial charge in [0.1, 0.15) is 0 Å². The van der Waals surface area contributed by atoms with Gasteiger partial charge in [0.05, 0.1) is 11.6 Å². The van der Waals surface area contributed by atoms with Crippen molar-refractivity contribution in [3.05, 3.63) is 162 Å². The van der Waals surface area contributed by atoms with Crippen molar-refractivity contribution in [3.63, 3.8) is 0 Å². The van der Waals surface area contributed by atoms with Gasteiger partial charge in [-0.25, -0.2) is 15.0 Å². The van der Waals surface area contributed by atoms with Crippen LogP contribution in [0.25, 0.3) is 67.5 Å². The maximum atomic E-state index is 9.78. The number of rotatable bonds is 5. The lowest BCUT2D eigenvalue weighted by Gasteiger charge is -2.36. The summed E-state index contributed by atoms with van der Waals surface area (Å²) in [5.74, 6) is 1.96. The molecule has 0 amide bonds. The highest BCUT2D eigenvalue weighted by Crippen LogP contribution is 2.58. The maximum Gasteiger partial charge on any atom is 0.164 e. The van der Waals surface area contributed by atoms with Crippen molar-refractivity contribution in [1.29, 1.82) is 5.26 Å². The zero-order valence-corrected chi connectivity index (χ0v) is 27.7. The quantitative estimate of drug-likeness (QED) is 0.187. The summed E-state index contributed by atoms with van der Waals surface area (Å²) in [5.41, 5.74) is 13.7. The van der Waals surface area contributed by atoms with Gasteiger partial charge in [-0.3, -0.25) is 0 Å². The van der Waals surface area contributed by atoms with Gasteiger partial charge in [-0.2, -0.15) is 5.26 Å². The van der Waals surface area contributed by atoms with Gasteiger partial charge in [-0.1, -0.05) is 153 Å². The molecule has 0 atom stereocenters. The summed E-state index contributed by atoms with van der Waals surface area (Å²) in [6.07, 6.45) is 6.12. The van der Waals surface area contributed by atoms with Crippen LogP contribution in [0.5, 0.6) is 0 Å². The molecule has 6 aromatic carbocycles. The molecule has 2 aliphatic rings. The van der Waals surface area contributed by atoms with Crippen LogP contribution in [0.15, 0.2) is 146 Å². The monoisotopic (exact) mass is 642 g/mol. The molecule has 1 heterocycles. The highest BCUT2D eigenvalue weighted by Gasteiger charge is 2.44. The van der Waals surface area contributed by atoms with Gasteiger partial charge >= 0.3 is 0 Å². The second-order valence-corrected chi connectivity index (χ2v) is 13.4. The van der Waals surface area contributed by atoms with Crippen LogP contribution in [0.3, 0.4) is 0 Å². The van der Waals surface area contributed by atoms with Gasteiger partial charge in [-0.15, -0.1) is 0 Å². The van der Waals surface area contributed by atoms with Crippen LogP contribution in [0.4, 0.5) is 0 Å². The minimum atomic E-state index is 0.0524. The van der Waals surface area contributed by atoms with E-state index >= 15 is 0 Å². The number of fused-ring (bicyclic) bond motifs is 5. The van der Waals surface area contributed by atoms with E-state index in [2.05, 4.69) is 84.9 Å². The predicted octanol–water partition coefficient (Wildman–Crippen LogP) is 11.3. The number of nitriles is 1. The largest absolute Gasteiger partial charge is 0.208 e. The van der Waals surface area contributed by atoms with E-state index in [0.717, 1.165) is 33.4 Å². The van der Waals surface area contributed by atoms with Crippen LogP contribution in [0, 0.1) is 11.3 Å². The number of hydrogen-bond acceptors (Lipinski definition) is 4. The molecule has 1 spiro atoms. The molecular formula is C46H34N4. The topological polar surface area (TPSA) is 62.5 Å². The third-order valence-corrected chi connectivity index (χ3v) is 10.6. The Hall–Kier alpha value is -6.18. The van der Waals surface area contributed by atoms with Gasteiger partial charge in [0.15, 0.2) is 17.5 Å². The van der Waals surface area contributed by atoms with E-state index in [9.17, 15) is 5.26 Å². The predicted molar refractivity (Wildman–Crippen MR) is 201 cm³/mol. The van der Waals surface area contributed by atoms with Crippen LogP contribution in [0.2, 0.25) is 0 Å². The summed E-state index contributed by atoms with van der Waals surface area (Å²) >= 11 is 0. The van der Waals surface area contributed by atoms with Gasteiger partial charge < -0.3 is 0 Å². The van der Waals surface area contributed by atoms with Crippen molar-refractivity contribution in [2.45, 2.75) is 37.5 Å². The Balaban J connectivity index is 1.06.